The Bertz CT molecular complexity index is 450. The van der Waals surface area contributed by atoms with Gasteiger partial charge in [0.1, 0.15) is 12.4 Å². The van der Waals surface area contributed by atoms with Crippen molar-refractivity contribution in [2.75, 3.05) is 6.54 Å². The van der Waals surface area contributed by atoms with E-state index in [-0.39, 0.29) is 24.0 Å². The second-order valence-corrected chi connectivity index (χ2v) is 5.44. The third-order valence-corrected chi connectivity index (χ3v) is 3.80. The molecule has 1 aromatic rings. The van der Waals surface area contributed by atoms with E-state index in [1.165, 1.54) is 25.7 Å². The van der Waals surface area contributed by atoms with E-state index in [1.54, 1.807) is 0 Å². The summed E-state index contributed by atoms with van der Waals surface area (Å²) in [6.45, 7) is 5.61. The van der Waals surface area contributed by atoms with Crippen molar-refractivity contribution in [1.82, 2.24) is 25.4 Å². The summed E-state index contributed by atoms with van der Waals surface area (Å²) in [5, 5.41) is 15.1. The van der Waals surface area contributed by atoms with Gasteiger partial charge in [-0.15, -0.1) is 34.2 Å². The van der Waals surface area contributed by atoms with Gasteiger partial charge in [0.05, 0.1) is 0 Å². The molecule has 1 heterocycles. The first-order valence-corrected chi connectivity index (χ1v) is 7.60. The average molecular weight is 406 g/mol. The van der Waals surface area contributed by atoms with Crippen LogP contribution in [0.5, 0.6) is 0 Å². The van der Waals surface area contributed by atoms with Crippen LogP contribution in [0.4, 0.5) is 0 Å². The van der Waals surface area contributed by atoms with E-state index in [9.17, 15) is 0 Å². The maximum absolute atomic E-state index is 4.64. The van der Waals surface area contributed by atoms with Gasteiger partial charge in [0.25, 0.3) is 0 Å². The topological polar surface area (TPSA) is 67.1 Å². The van der Waals surface area contributed by atoms with E-state index in [1.807, 2.05) is 18.5 Å². The fraction of sp³-hybridized carbons (Fsp3) is 0.786. The van der Waals surface area contributed by atoms with Gasteiger partial charge in [0.15, 0.2) is 11.8 Å². The molecule has 0 radical (unpaired) electrons. The Kier molecular flexibility index (Phi) is 7.98. The molecule has 0 aliphatic heterocycles. The predicted octanol–water partition coefficient (Wildman–Crippen LogP) is 2.13. The van der Waals surface area contributed by atoms with Crippen LogP contribution in [0.2, 0.25) is 0 Å². The number of aliphatic imine (C=N–C) groups is 1. The van der Waals surface area contributed by atoms with Gasteiger partial charge in [0.2, 0.25) is 0 Å². The summed E-state index contributed by atoms with van der Waals surface area (Å²) < 4.78 is 1.98. The molecule has 0 spiro atoms. The zero-order chi connectivity index (χ0) is 14.4. The van der Waals surface area contributed by atoms with E-state index < -0.39 is 0 Å². The lowest BCUT2D eigenvalue weighted by molar-refractivity contribution is 0.609. The zero-order valence-corrected chi connectivity index (χ0v) is 15.6. The number of nitrogens with one attached hydrogen (secondary N) is 2. The molecular weight excluding hydrogens is 379 g/mol. The fourth-order valence-electron chi connectivity index (χ4n) is 2.40. The van der Waals surface area contributed by atoms with Crippen LogP contribution in [0, 0.1) is 6.92 Å². The standard InChI is InChI=1S/C14H26N6.HI/c1-4-9-15-14(17-12-7-5-6-8-12)16-10-13-19-18-11(2)20(13)3;/h12H,4-10H2,1-3H3,(H2,15,16,17);1H. The Morgan fingerprint density at radius 3 is 2.62 bits per heavy atom. The number of hydrogen-bond donors (Lipinski definition) is 2. The molecule has 1 fully saturated rings. The minimum absolute atomic E-state index is 0. The lowest BCUT2D eigenvalue weighted by Gasteiger charge is -2.17. The molecule has 1 saturated carbocycles. The Labute approximate surface area is 144 Å². The van der Waals surface area contributed by atoms with Crippen LogP contribution in [0.3, 0.4) is 0 Å². The highest BCUT2D eigenvalue weighted by molar-refractivity contribution is 14.0. The molecule has 0 amide bonds. The third-order valence-electron chi connectivity index (χ3n) is 3.80. The van der Waals surface area contributed by atoms with E-state index in [0.29, 0.717) is 12.6 Å². The normalized spacial score (nSPS) is 15.9. The molecule has 2 rings (SSSR count). The summed E-state index contributed by atoms with van der Waals surface area (Å²) in [6, 6.07) is 0.569. The lowest BCUT2D eigenvalue weighted by atomic mass is 10.2. The highest BCUT2D eigenvalue weighted by Crippen LogP contribution is 2.17. The SMILES string of the molecule is CCCNC(=NCc1nnc(C)n1C)NC1CCCC1.I. The highest BCUT2D eigenvalue weighted by Gasteiger charge is 2.16. The monoisotopic (exact) mass is 406 g/mol. The van der Waals surface area contributed by atoms with Crippen molar-refractivity contribution < 1.29 is 0 Å². The molecule has 1 aliphatic rings. The quantitative estimate of drug-likeness (QED) is 0.447. The van der Waals surface area contributed by atoms with Gasteiger partial charge < -0.3 is 15.2 Å². The van der Waals surface area contributed by atoms with Crippen LogP contribution in [0.15, 0.2) is 4.99 Å². The first-order valence-electron chi connectivity index (χ1n) is 7.60. The molecule has 0 aromatic carbocycles. The van der Waals surface area contributed by atoms with Crippen LogP contribution in [-0.2, 0) is 13.6 Å². The van der Waals surface area contributed by atoms with Crippen molar-refractivity contribution in [3.05, 3.63) is 11.6 Å². The molecule has 0 atom stereocenters. The first-order chi connectivity index (χ1) is 9.70. The number of halogens is 1. The Hall–Kier alpha value is -0.860. The van der Waals surface area contributed by atoms with Crippen LogP contribution in [-0.4, -0.2) is 33.3 Å². The molecular formula is C14H27IN6. The third kappa shape index (κ3) is 5.44. The maximum atomic E-state index is 4.64. The number of guanidine groups is 1. The van der Waals surface area contributed by atoms with Gasteiger partial charge in [-0.2, -0.15) is 0 Å². The van der Waals surface area contributed by atoms with Gasteiger partial charge in [0, 0.05) is 19.6 Å². The molecule has 0 saturated heterocycles. The lowest BCUT2D eigenvalue weighted by Crippen LogP contribution is -2.42. The molecule has 7 heteroatoms. The average Bonchev–Trinajstić information content (AvgIpc) is 3.06. The van der Waals surface area contributed by atoms with Gasteiger partial charge in [-0.1, -0.05) is 19.8 Å². The smallest absolute Gasteiger partial charge is 0.191 e. The summed E-state index contributed by atoms with van der Waals surface area (Å²) >= 11 is 0. The largest absolute Gasteiger partial charge is 0.356 e. The number of aryl methyl sites for hydroxylation is 1. The number of rotatable bonds is 5. The molecule has 0 bridgehead atoms. The second kappa shape index (κ2) is 9.22. The Morgan fingerprint density at radius 2 is 2.05 bits per heavy atom. The van der Waals surface area contributed by atoms with Gasteiger partial charge in [-0.05, 0) is 26.2 Å². The zero-order valence-electron chi connectivity index (χ0n) is 13.2. The van der Waals surface area contributed by atoms with E-state index in [2.05, 4.69) is 32.7 Å². The number of aromatic nitrogens is 3. The minimum Gasteiger partial charge on any atom is -0.356 e. The summed E-state index contributed by atoms with van der Waals surface area (Å²) in [4.78, 5) is 4.64. The van der Waals surface area contributed by atoms with Crippen LogP contribution in [0.25, 0.3) is 0 Å². The van der Waals surface area contributed by atoms with Crippen molar-refractivity contribution in [3.63, 3.8) is 0 Å². The Balaban J connectivity index is 0.00000220. The number of nitrogens with zero attached hydrogens (tertiary/aromatic N) is 4. The van der Waals surface area contributed by atoms with Crippen molar-refractivity contribution in [1.29, 1.82) is 0 Å². The summed E-state index contributed by atoms with van der Waals surface area (Å²) in [5.74, 6) is 2.72. The number of hydrogen-bond acceptors (Lipinski definition) is 3. The summed E-state index contributed by atoms with van der Waals surface area (Å²) in [5.41, 5.74) is 0. The van der Waals surface area contributed by atoms with Gasteiger partial charge >= 0.3 is 0 Å². The fourth-order valence-corrected chi connectivity index (χ4v) is 2.40. The first kappa shape index (κ1) is 18.2. The van der Waals surface area contributed by atoms with Gasteiger partial charge in [-0.3, -0.25) is 0 Å². The molecule has 1 aromatic heterocycles. The summed E-state index contributed by atoms with van der Waals surface area (Å²) in [6.07, 6.45) is 6.22. The minimum atomic E-state index is 0. The van der Waals surface area contributed by atoms with Crippen LogP contribution in [0.1, 0.15) is 50.7 Å². The molecule has 6 nitrogen and oxygen atoms in total. The van der Waals surface area contributed by atoms with Gasteiger partial charge in [-0.25, -0.2) is 4.99 Å². The molecule has 120 valence electrons. The Morgan fingerprint density at radius 1 is 1.33 bits per heavy atom. The summed E-state index contributed by atoms with van der Waals surface area (Å²) in [7, 11) is 1.98. The molecule has 0 unspecified atom stereocenters. The predicted molar refractivity (Wildman–Crippen MR) is 96.0 cm³/mol. The molecule has 1 aliphatic carbocycles. The maximum Gasteiger partial charge on any atom is 0.191 e. The van der Waals surface area contributed by atoms with Crippen molar-refractivity contribution in [2.45, 2.75) is 58.5 Å². The van der Waals surface area contributed by atoms with E-state index in [0.717, 1.165) is 30.6 Å². The van der Waals surface area contributed by atoms with Crippen LogP contribution < -0.4 is 10.6 Å². The van der Waals surface area contributed by atoms with Crippen LogP contribution >= 0.6 is 24.0 Å². The van der Waals surface area contributed by atoms with Crippen molar-refractivity contribution in [3.8, 4) is 0 Å². The van der Waals surface area contributed by atoms with Crippen molar-refractivity contribution >= 4 is 29.9 Å². The molecule has 2 N–H and O–H groups in total. The van der Waals surface area contributed by atoms with E-state index in [4.69, 9.17) is 0 Å². The highest BCUT2D eigenvalue weighted by atomic mass is 127. The second-order valence-electron chi connectivity index (χ2n) is 5.44. The van der Waals surface area contributed by atoms with Crippen molar-refractivity contribution in [2.24, 2.45) is 12.0 Å². The molecule has 21 heavy (non-hydrogen) atoms. The van der Waals surface area contributed by atoms with E-state index >= 15 is 0 Å².